The molecule has 2 fully saturated rings. The third-order valence-corrected chi connectivity index (χ3v) is 6.20. The predicted molar refractivity (Wildman–Crippen MR) is 99.6 cm³/mol. The van der Waals surface area contributed by atoms with E-state index in [9.17, 15) is 4.79 Å². The van der Waals surface area contributed by atoms with Crippen molar-refractivity contribution in [3.8, 4) is 0 Å². The summed E-state index contributed by atoms with van der Waals surface area (Å²) in [5, 5.41) is 0. The van der Waals surface area contributed by atoms with Crippen LogP contribution in [0.2, 0.25) is 0 Å². The average Bonchev–Trinajstić information content (AvgIpc) is 3.22. The van der Waals surface area contributed by atoms with Crippen LogP contribution < -0.4 is 0 Å². The first-order chi connectivity index (χ1) is 12.3. The minimum atomic E-state index is -0.0276. The third kappa shape index (κ3) is 2.05. The molecule has 0 amide bonds. The molecular weight excluding hydrogens is 304 g/mol. The molecule has 0 unspecified atom stereocenters. The summed E-state index contributed by atoms with van der Waals surface area (Å²) in [5.41, 5.74) is 3.83. The zero-order valence-corrected chi connectivity index (χ0v) is 14.0. The van der Waals surface area contributed by atoms with Gasteiger partial charge >= 0.3 is 0 Å². The van der Waals surface area contributed by atoms with Crippen LogP contribution in [0.25, 0.3) is 0 Å². The molecule has 0 spiro atoms. The number of Topliss-reactive ketones (excluding diaryl/α,β-unsaturated/α-hetero) is 1. The molecule has 0 bridgehead atoms. The molecule has 0 heterocycles. The normalized spacial score (nSPS) is 30.1. The molecule has 2 saturated carbocycles. The van der Waals surface area contributed by atoms with Gasteiger partial charge in [0.2, 0.25) is 0 Å². The van der Waals surface area contributed by atoms with Crippen molar-refractivity contribution in [3.63, 3.8) is 0 Å². The fourth-order valence-electron chi connectivity index (χ4n) is 5.23. The Kier molecular flexibility index (Phi) is 3.18. The summed E-state index contributed by atoms with van der Waals surface area (Å²) in [6.07, 6.45) is 0.654. The maximum atomic E-state index is 13.0. The van der Waals surface area contributed by atoms with E-state index in [2.05, 4.69) is 72.8 Å². The van der Waals surface area contributed by atoms with Crippen LogP contribution in [0.15, 0.2) is 91.0 Å². The largest absolute Gasteiger partial charge is 0.299 e. The Hall–Kier alpha value is -2.67. The van der Waals surface area contributed by atoms with Crippen molar-refractivity contribution >= 4 is 5.78 Å². The Labute approximate surface area is 148 Å². The molecular formula is C24H20O. The van der Waals surface area contributed by atoms with Gasteiger partial charge in [0.25, 0.3) is 0 Å². The van der Waals surface area contributed by atoms with Crippen molar-refractivity contribution in [1.29, 1.82) is 0 Å². The number of hydrogen-bond donors (Lipinski definition) is 0. The molecule has 1 nitrogen and oxygen atoms in total. The molecule has 3 aromatic rings. The molecule has 0 saturated heterocycles. The summed E-state index contributed by atoms with van der Waals surface area (Å²) in [6.45, 7) is 0. The van der Waals surface area contributed by atoms with Crippen LogP contribution in [0.4, 0.5) is 0 Å². The van der Waals surface area contributed by atoms with E-state index in [1.54, 1.807) is 0 Å². The summed E-state index contributed by atoms with van der Waals surface area (Å²) in [6, 6.07) is 31.7. The molecule has 4 atom stereocenters. The lowest BCUT2D eigenvalue weighted by Gasteiger charge is -2.16. The van der Waals surface area contributed by atoms with Crippen LogP contribution in [-0.2, 0) is 10.2 Å². The van der Waals surface area contributed by atoms with E-state index in [0.29, 0.717) is 24.0 Å². The number of fused-ring (bicyclic) bond motifs is 1. The Bertz CT molecular complexity index is 901. The molecule has 122 valence electrons. The first-order valence-electron chi connectivity index (χ1n) is 9.00. The van der Waals surface area contributed by atoms with Crippen LogP contribution in [0.5, 0.6) is 0 Å². The van der Waals surface area contributed by atoms with Gasteiger partial charge in [0, 0.05) is 17.8 Å². The second-order valence-corrected chi connectivity index (χ2v) is 7.35. The lowest BCUT2D eigenvalue weighted by Crippen LogP contribution is -2.14. The maximum Gasteiger partial charge on any atom is 0.141 e. The maximum absolute atomic E-state index is 13.0. The Morgan fingerprint density at radius 3 is 1.80 bits per heavy atom. The highest BCUT2D eigenvalue weighted by Crippen LogP contribution is 2.76. The lowest BCUT2D eigenvalue weighted by atomic mass is 9.86. The number of benzene rings is 3. The Balaban J connectivity index is 1.64. The summed E-state index contributed by atoms with van der Waals surface area (Å²) >= 11 is 0. The van der Waals surface area contributed by atoms with Gasteiger partial charge in [-0.3, -0.25) is 4.79 Å². The quantitative estimate of drug-likeness (QED) is 0.655. The molecule has 2 aliphatic carbocycles. The summed E-state index contributed by atoms with van der Waals surface area (Å²) in [4.78, 5) is 13.0. The fourth-order valence-corrected chi connectivity index (χ4v) is 5.23. The second kappa shape index (κ2) is 5.42. The van der Waals surface area contributed by atoms with Crippen molar-refractivity contribution in [1.82, 2.24) is 0 Å². The van der Waals surface area contributed by atoms with Gasteiger partial charge < -0.3 is 0 Å². The van der Waals surface area contributed by atoms with Gasteiger partial charge in [0.1, 0.15) is 5.78 Å². The van der Waals surface area contributed by atoms with Gasteiger partial charge in [-0.25, -0.2) is 0 Å². The number of ketones is 1. The van der Waals surface area contributed by atoms with E-state index in [4.69, 9.17) is 0 Å². The standard InChI is InChI=1S/C24H20O/c25-20-16-24(19-14-8-3-9-15-19)22(18-12-6-2-7-13-18)23(24)21(20)17-10-4-1-5-11-17/h1-15,21-23H,16H2/t21-,22+,23-,24-/m0/s1. The van der Waals surface area contributed by atoms with Crippen LogP contribution in [-0.4, -0.2) is 5.78 Å². The van der Waals surface area contributed by atoms with Crippen molar-refractivity contribution in [3.05, 3.63) is 108 Å². The number of carbonyl (C=O) groups excluding carboxylic acids is 1. The lowest BCUT2D eigenvalue weighted by molar-refractivity contribution is -0.119. The van der Waals surface area contributed by atoms with Crippen molar-refractivity contribution in [2.75, 3.05) is 0 Å². The predicted octanol–water partition coefficient (Wildman–Crippen LogP) is 5.09. The highest BCUT2D eigenvalue weighted by Gasteiger charge is 2.74. The SMILES string of the molecule is O=C1C[C@@]2(c3ccccc3)[C@@H]([C@H]1c1ccccc1)[C@H]2c1ccccc1. The van der Waals surface area contributed by atoms with Gasteiger partial charge in [-0.1, -0.05) is 91.0 Å². The van der Waals surface area contributed by atoms with E-state index >= 15 is 0 Å². The zero-order chi connectivity index (χ0) is 16.9. The molecule has 0 aromatic heterocycles. The molecule has 2 aliphatic rings. The van der Waals surface area contributed by atoms with Gasteiger partial charge in [0.05, 0.1) is 0 Å². The van der Waals surface area contributed by atoms with Crippen LogP contribution in [0, 0.1) is 5.92 Å². The molecule has 0 radical (unpaired) electrons. The highest BCUT2D eigenvalue weighted by atomic mass is 16.1. The van der Waals surface area contributed by atoms with E-state index < -0.39 is 0 Å². The topological polar surface area (TPSA) is 17.1 Å². The van der Waals surface area contributed by atoms with E-state index in [0.717, 1.165) is 0 Å². The Morgan fingerprint density at radius 2 is 1.20 bits per heavy atom. The molecule has 5 rings (SSSR count). The van der Waals surface area contributed by atoms with Crippen molar-refractivity contribution in [2.24, 2.45) is 5.92 Å². The van der Waals surface area contributed by atoms with Gasteiger partial charge in [-0.05, 0) is 28.5 Å². The molecule has 25 heavy (non-hydrogen) atoms. The summed E-state index contributed by atoms with van der Waals surface area (Å²) in [5.74, 6) is 1.21. The Morgan fingerprint density at radius 1 is 0.680 bits per heavy atom. The minimum absolute atomic E-state index is 0.0200. The molecule has 3 aromatic carbocycles. The fraction of sp³-hybridized carbons (Fsp3) is 0.208. The average molecular weight is 324 g/mol. The summed E-state index contributed by atoms with van der Waals surface area (Å²) < 4.78 is 0. The number of rotatable bonds is 3. The minimum Gasteiger partial charge on any atom is -0.299 e. The van der Waals surface area contributed by atoms with Crippen LogP contribution in [0.1, 0.15) is 34.9 Å². The zero-order valence-electron chi connectivity index (χ0n) is 14.0. The van der Waals surface area contributed by atoms with E-state index in [1.807, 2.05) is 18.2 Å². The highest BCUT2D eigenvalue weighted by molar-refractivity contribution is 5.94. The van der Waals surface area contributed by atoms with Gasteiger partial charge in [0.15, 0.2) is 0 Å². The number of hydrogen-bond acceptors (Lipinski definition) is 1. The first-order valence-corrected chi connectivity index (χ1v) is 9.00. The van der Waals surface area contributed by atoms with Gasteiger partial charge in [-0.15, -0.1) is 0 Å². The third-order valence-electron chi connectivity index (χ3n) is 6.20. The van der Waals surface area contributed by atoms with Crippen molar-refractivity contribution < 1.29 is 4.79 Å². The second-order valence-electron chi connectivity index (χ2n) is 7.35. The molecule has 0 aliphatic heterocycles. The van der Waals surface area contributed by atoms with Gasteiger partial charge in [-0.2, -0.15) is 0 Å². The first kappa shape index (κ1) is 14.7. The monoisotopic (exact) mass is 324 g/mol. The molecule has 0 N–H and O–H groups in total. The van der Waals surface area contributed by atoms with E-state index in [1.165, 1.54) is 16.7 Å². The van der Waals surface area contributed by atoms with Crippen LogP contribution >= 0.6 is 0 Å². The molecule has 1 heteroatoms. The van der Waals surface area contributed by atoms with Crippen LogP contribution in [0.3, 0.4) is 0 Å². The van der Waals surface area contributed by atoms with E-state index in [-0.39, 0.29) is 11.3 Å². The summed E-state index contributed by atoms with van der Waals surface area (Å²) in [7, 11) is 0. The number of carbonyl (C=O) groups is 1. The smallest absolute Gasteiger partial charge is 0.141 e. The van der Waals surface area contributed by atoms with Crippen molar-refractivity contribution in [2.45, 2.75) is 23.7 Å².